The van der Waals surface area contributed by atoms with Gasteiger partial charge in [0.05, 0.1) is 4.92 Å². The molecule has 0 spiro atoms. The monoisotopic (exact) mass is 266 g/mol. The van der Waals surface area contributed by atoms with Gasteiger partial charge in [-0.2, -0.15) is 13.2 Å². The van der Waals surface area contributed by atoms with E-state index in [-0.39, 0.29) is 22.5 Å². The molecular formula is C8H5F3N2O3S. The summed E-state index contributed by atoms with van der Waals surface area (Å²) in [5, 5.41) is 10.5. The number of rotatable bonds is 3. The zero-order valence-corrected chi connectivity index (χ0v) is 8.84. The minimum absolute atomic E-state index is 0.0740. The topological polar surface area (TPSA) is 72.2 Å². The molecule has 0 atom stereocenters. The van der Waals surface area contributed by atoms with E-state index in [9.17, 15) is 28.1 Å². The Bertz CT molecular complexity index is 450. The Labute approximate surface area is 97.3 Å². The summed E-state index contributed by atoms with van der Waals surface area (Å²) in [6.07, 6.45) is -5.02. The molecule has 1 rings (SSSR count). The van der Waals surface area contributed by atoms with Gasteiger partial charge < -0.3 is 0 Å². The van der Waals surface area contributed by atoms with E-state index >= 15 is 0 Å². The van der Waals surface area contributed by atoms with Gasteiger partial charge in [0.25, 0.3) is 5.69 Å². The molecule has 0 aliphatic carbocycles. The molecule has 1 aromatic rings. The molecule has 9 heteroatoms. The molecule has 0 radical (unpaired) electrons. The van der Waals surface area contributed by atoms with Gasteiger partial charge in [-0.3, -0.25) is 19.6 Å². The summed E-state index contributed by atoms with van der Waals surface area (Å²) >= 11 is 0.249. The molecule has 17 heavy (non-hydrogen) atoms. The van der Waals surface area contributed by atoms with Crippen molar-refractivity contribution in [2.24, 2.45) is 0 Å². The SMILES string of the molecule is O=C(NSc1ccccc1[N+](=O)[O-])C(F)(F)F. The van der Waals surface area contributed by atoms with Gasteiger partial charge in [-0.05, 0) is 18.0 Å². The highest BCUT2D eigenvalue weighted by Gasteiger charge is 2.39. The summed E-state index contributed by atoms with van der Waals surface area (Å²) in [7, 11) is 0. The van der Waals surface area contributed by atoms with E-state index in [0.717, 1.165) is 6.07 Å². The largest absolute Gasteiger partial charge is 0.472 e. The number of carbonyl (C=O) groups excluding carboxylic acids is 1. The number of para-hydroxylation sites is 1. The highest BCUT2D eigenvalue weighted by Crippen LogP contribution is 2.27. The number of carbonyl (C=O) groups is 1. The van der Waals surface area contributed by atoms with Gasteiger partial charge >= 0.3 is 12.1 Å². The molecule has 1 aromatic carbocycles. The molecule has 0 aliphatic heterocycles. The fraction of sp³-hybridized carbons (Fsp3) is 0.125. The Morgan fingerprint density at radius 2 is 1.94 bits per heavy atom. The van der Waals surface area contributed by atoms with Crippen LogP contribution in [-0.4, -0.2) is 17.0 Å². The number of nitrogens with zero attached hydrogens (tertiary/aromatic N) is 1. The third-order valence-electron chi connectivity index (χ3n) is 1.57. The van der Waals surface area contributed by atoms with Crippen LogP contribution in [0.2, 0.25) is 0 Å². The van der Waals surface area contributed by atoms with Gasteiger partial charge in [0, 0.05) is 6.07 Å². The van der Waals surface area contributed by atoms with Crippen LogP contribution < -0.4 is 4.72 Å². The number of nitro benzene ring substituents is 1. The molecule has 0 saturated carbocycles. The third kappa shape index (κ3) is 3.63. The molecular weight excluding hydrogens is 261 g/mol. The normalized spacial score (nSPS) is 11.0. The van der Waals surface area contributed by atoms with E-state index in [4.69, 9.17) is 0 Å². The Kier molecular flexibility index (Phi) is 3.94. The minimum Gasteiger partial charge on any atom is -0.288 e. The zero-order chi connectivity index (χ0) is 13.1. The first-order valence-corrected chi connectivity index (χ1v) is 4.91. The van der Waals surface area contributed by atoms with Crippen LogP contribution in [0.1, 0.15) is 0 Å². The molecule has 92 valence electrons. The van der Waals surface area contributed by atoms with E-state index < -0.39 is 17.0 Å². The molecule has 5 nitrogen and oxygen atoms in total. The maximum atomic E-state index is 11.9. The molecule has 0 unspecified atom stereocenters. The summed E-state index contributed by atoms with van der Waals surface area (Å²) in [5.74, 6) is -2.17. The van der Waals surface area contributed by atoms with Gasteiger partial charge in [0.2, 0.25) is 0 Å². The minimum atomic E-state index is -5.02. The van der Waals surface area contributed by atoms with Gasteiger partial charge in [-0.25, -0.2) is 0 Å². The van der Waals surface area contributed by atoms with Gasteiger partial charge in [-0.1, -0.05) is 12.1 Å². The maximum absolute atomic E-state index is 11.9. The number of alkyl halides is 3. The van der Waals surface area contributed by atoms with Crippen molar-refractivity contribution in [2.45, 2.75) is 11.1 Å². The third-order valence-corrected chi connectivity index (χ3v) is 2.43. The van der Waals surface area contributed by atoms with Crippen molar-refractivity contribution in [3.63, 3.8) is 0 Å². The molecule has 1 N–H and O–H groups in total. The number of halogens is 3. The number of hydrogen-bond donors (Lipinski definition) is 1. The molecule has 0 fully saturated rings. The summed E-state index contributed by atoms with van der Waals surface area (Å²) in [6.45, 7) is 0. The van der Waals surface area contributed by atoms with Crippen LogP contribution in [0.5, 0.6) is 0 Å². The number of amides is 1. The second-order valence-electron chi connectivity index (χ2n) is 2.76. The van der Waals surface area contributed by atoms with Crippen LogP contribution in [0.15, 0.2) is 29.2 Å². The zero-order valence-electron chi connectivity index (χ0n) is 8.02. The van der Waals surface area contributed by atoms with Gasteiger partial charge in [0.15, 0.2) is 0 Å². The van der Waals surface area contributed by atoms with Crippen molar-refractivity contribution in [3.8, 4) is 0 Å². The second kappa shape index (κ2) is 5.04. The van der Waals surface area contributed by atoms with Crippen LogP contribution in [-0.2, 0) is 4.79 Å². The number of nitro groups is 1. The van der Waals surface area contributed by atoms with Crippen LogP contribution in [0, 0.1) is 10.1 Å². The average Bonchev–Trinajstić information content (AvgIpc) is 2.24. The predicted molar refractivity (Wildman–Crippen MR) is 53.2 cm³/mol. The fourth-order valence-corrected chi connectivity index (χ4v) is 1.57. The van der Waals surface area contributed by atoms with Gasteiger partial charge in [-0.15, -0.1) is 0 Å². The van der Waals surface area contributed by atoms with E-state index in [1.165, 1.54) is 22.9 Å². The summed E-state index contributed by atoms with van der Waals surface area (Å²) in [6, 6.07) is 5.14. The van der Waals surface area contributed by atoms with E-state index in [0.29, 0.717) is 0 Å². The van der Waals surface area contributed by atoms with Crippen LogP contribution in [0.4, 0.5) is 18.9 Å². The lowest BCUT2D eigenvalue weighted by atomic mass is 10.3. The lowest BCUT2D eigenvalue weighted by molar-refractivity contribution is -0.387. The van der Waals surface area contributed by atoms with Crippen molar-refractivity contribution in [2.75, 3.05) is 0 Å². The highest BCUT2D eigenvalue weighted by atomic mass is 32.2. The van der Waals surface area contributed by atoms with Crippen molar-refractivity contribution in [3.05, 3.63) is 34.4 Å². The Hall–Kier alpha value is -1.77. The molecule has 0 saturated heterocycles. The van der Waals surface area contributed by atoms with Gasteiger partial charge in [0.1, 0.15) is 4.90 Å². The molecule has 0 aliphatic rings. The number of benzene rings is 1. The smallest absolute Gasteiger partial charge is 0.288 e. The quantitative estimate of drug-likeness (QED) is 0.517. The van der Waals surface area contributed by atoms with Crippen molar-refractivity contribution >= 4 is 23.5 Å². The van der Waals surface area contributed by atoms with Crippen molar-refractivity contribution in [1.82, 2.24) is 4.72 Å². The highest BCUT2D eigenvalue weighted by molar-refractivity contribution is 7.98. The van der Waals surface area contributed by atoms with E-state index in [2.05, 4.69) is 0 Å². The Balaban J connectivity index is 2.77. The average molecular weight is 266 g/mol. The first-order valence-electron chi connectivity index (χ1n) is 4.10. The first-order chi connectivity index (χ1) is 7.82. The molecule has 0 bridgehead atoms. The maximum Gasteiger partial charge on any atom is 0.472 e. The molecule has 1 amide bonds. The standard InChI is InChI=1S/C8H5F3N2O3S/c9-8(10,11)7(14)12-17-6-4-2-1-3-5(6)13(15)16/h1-4H,(H,12,14). The molecule has 0 heterocycles. The summed E-state index contributed by atoms with van der Waals surface area (Å²) in [4.78, 5) is 20.2. The lowest BCUT2D eigenvalue weighted by Crippen LogP contribution is -2.32. The molecule has 0 aromatic heterocycles. The Morgan fingerprint density at radius 3 is 2.47 bits per heavy atom. The van der Waals surface area contributed by atoms with Crippen molar-refractivity contribution < 1.29 is 22.9 Å². The number of hydrogen-bond acceptors (Lipinski definition) is 4. The second-order valence-corrected chi connectivity index (χ2v) is 3.60. The van der Waals surface area contributed by atoms with E-state index in [1.807, 2.05) is 0 Å². The van der Waals surface area contributed by atoms with Crippen molar-refractivity contribution in [1.29, 1.82) is 0 Å². The van der Waals surface area contributed by atoms with Crippen LogP contribution >= 0.6 is 11.9 Å². The predicted octanol–water partition coefficient (Wildman–Crippen LogP) is 2.28. The number of nitrogens with one attached hydrogen (secondary N) is 1. The van der Waals surface area contributed by atoms with Crippen LogP contribution in [0.25, 0.3) is 0 Å². The first kappa shape index (κ1) is 13.3. The Morgan fingerprint density at radius 1 is 1.35 bits per heavy atom. The van der Waals surface area contributed by atoms with E-state index in [1.54, 1.807) is 0 Å². The van der Waals surface area contributed by atoms with Crippen LogP contribution in [0.3, 0.4) is 0 Å². The summed E-state index contributed by atoms with van der Waals surface area (Å²) in [5.41, 5.74) is -0.375. The lowest BCUT2D eigenvalue weighted by Gasteiger charge is -2.06. The fourth-order valence-electron chi connectivity index (χ4n) is 0.853. The summed E-state index contributed by atoms with van der Waals surface area (Å²) < 4.78 is 37.0.